The number of amides is 4. The number of H-pyrrole nitrogens is 3. The van der Waals surface area contributed by atoms with Crippen molar-refractivity contribution in [3.05, 3.63) is 300 Å². The largest absolute Gasteiger partial charge is 0.494 e. The molecule has 8 bridgehead atoms. The molecule has 4 aliphatic heterocycles. The molecule has 1 aliphatic carbocycles. The van der Waals surface area contributed by atoms with Gasteiger partial charge in [0.05, 0.1) is 53.2 Å². The predicted molar refractivity (Wildman–Crippen MR) is 379 cm³/mol. The average molecular weight is 1300 g/mol. The van der Waals surface area contributed by atoms with E-state index in [4.69, 9.17) is 19.4 Å². The summed E-state index contributed by atoms with van der Waals surface area (Å²) in [6.07, 6.45) is 36.1. The first-order valence-electron chi connectivity index (χ1n) is 31.7. The smallest absolute Gasteiger partial charge is 0.319 e. The number of rotatable bonds is 16. The van der Waals surface area contributed by atoms with Crippen molar-refractivity contribution in [1.82, 2.24) is 54.7 Å². The van der Waals surface area contributed by atoms with Gasteiger partial charge in [0, 0.05) is 137 Å². The topological polar surface area (TPSA) is 252 Å². The van der Waals surface area contributed by atoms with Crippen LogP contribution < -0.4 is 9.47 Å². The van der Waals surface area contributed by atoms with Gasteiger partial charge < -0.3 is 24.4 Å². The number of carbonyl (C=O) groups excluding carboxylic acids is 6. The summed E-state index contributed by atoms with van der Waals surface area (Å²) in [5.74, 6) is 0.240. The van der Waals surface area contributed by atoms with Crippen molar-refractivity contribution in [3.63, 3.8) is 0 Å². The van der Waals surface area contributed by atoms with E-state index in [0.29, 0.717) is 77.5 Å². The van der Waals surface area contributed by atoms with Gasteiger partial charge in [-0.15, -0.1) is 0 Å². The molecular formula is C80H60N11O8+. The van der Waals surface area contributed by atoms with Crippen LogP contribution in [0.3, 0.4) is 0 Å². The van der Waals surface area contributed by atoms with E-state index in [2.05, 4.69) is 89.5 Å². The normalized spacial score (nSPS) is 12.9. The maximum Gasteiger partial charge on any atom is 0.319 e. The van der Waals surface area contributed by atoms with Crippen LogP contribution in [0.25, 0.3) is 90.9 Å². The molecular weight excluding hydrogens is 1240 g/mol. The maximum absolute atomic E-state index is 12.9. The Balaban J connectivity index is 0.000000198. The summed E-state index contributed by atoms with van der Waals surface area (Å²) in [6, 6.07) is 49.2. The third-order valence-corrected chi connectivity index (χ3v) is 16.4. The summed E-state index contributed by atoms with van der Waals surface area (Å²) < 4.78 is 11.7. The molecule has 0 atom stereocenters. The van der Waals surface area contributed by atoms with Crippen LogP contribution in [0.1, 0.15) is 77.0 Å². The van der Waals surface area contributed by atoms with E-state index < -0.39 is 0 Å². The van der Waals surface area contributed by atoms with Crippen molar-refractivity contribution in [2.75, 3.05) is 26.3 Å². The number of aldehydes is 2. The molecule has 482 valence electrons. The number of aromatic nitrogens is 9. The van der Waals surface area contributed by atoms with Crippen LogP contribution >= 0.6 is 0 Å². The molecule has 0 saturated heterocycles. The Morgan fingerprint density at radius 1 is 0.394 bits per heavy atom. The lowest BCUT2D eigenvalue weighted by molar-refractivity contribution is -0.137. The van der Waals surface area contributed by atoms with Gasteiger partial charge in [0.15, 0.2) is 11.1 Å². The van der Waals surface area contributed by atoms with Crippen molar-refractivity contribution in [1.29, 1.82) is 0 Å². The van der Waals surface area contributed by atoms with Crippen molar-refractivity contribution >= 4 is 82.6 Å². The Labute approximate surface area is 568 Å². The second kappa shape index (κ2) is 30.3. The molecule has 11 aromatic rings. The number of imide groups is 2. The first kappa shape index (κ1) is 64.2. The van der Waals surface area contributed by atoms with Crippen molar-refractivity contribution in [3.8, 4) is 56.0 Å². The summed E-state index contributed by atoms with van der Waals surface area (Å²) >= 11 is 0. The van der Waals surface area contributed by atoms with E-state index in [1.54, 1.807) is 128 Å². The lowest BCUT2D eigenvalue weighted by Gasteiger charge is -2.14. The third kappa shape index (κ3) is 14.4. The Morgan fingerprint density at radius 3 is 1.15 bits per heavy atom. The number of nitrogens with zero attached hydrogens (tertiary/aromatic N) is 8. The van der Waals surface area contributed by atoms with E-state index in [9.17, 15) is 28.8 Å². The minimum atomic E-state index is -0.280. The summed E-state index contributed by atoms with van der Waals surface area (Å²) in [5, 5.41) is 0. The number of aromatic amines is 3. The first-order valence-corrected chi connectivity index (χ1v) is 31.7. The number of ether oxygens (including phenoxy) is 2. The summed E-state index contributed by atoms with van der Waals surface area (Å²) in [6.45, 7) is 1.28. The average Bonchev–Trinajstić information content (AvgIpc) is 1.63. The maximum atomic E-state index is 12.9. The van der Waals surface area contributed by atoms with Crippen LogP contribution in [0.2, 0.25) is 0 Å². The number of benzene rings is 3. The molecule has 19 nitrogen and oxygen atoms in total. The van der Waals surface area contributed by atoms with Gasteiger partial charge in [-0.25, -0.2) is 9.97 Å². The molecule has 0 spiro atoms. The zero-order chi connectivity index (χ0) is 67.9. The molecule has 4 amide bonds. The Bertz CT molecular complexity index is 5020. The lowest BCUT2D eigenvalue weighted by Crippen LogP contribution is -2.33. The standard InChI is InChI=1S/C52H36N8O3.C18H14NO4.C6H5NO.C4H5N/c61-51-37-4-1-2-5-38(37)52(62)60(51)30-3-31-63-36-8-6-32(7-9-36)47-39-10-12-41(56-39)48(33-18-24-53-25-19-33)43-14-16-45(58-43)50(35-22-28-55-29-23-35)46-17-15-44(59-46)49(34-20-26-54-27-21-34)42-13-11-40(47)57-42;20-12-13-6-8-14(9-7-13)23-11-3-10-19-17(21)15-4-1-2-5-16(15)18(19)22;8-5-6-1-3-7-4-2-6;1-2-4-5-3-1/h1-2,4-29,56,59H,3,30-31H2;1,4-9,12H,3,10-11H2;1-5H;1-5H/q;+1;;. The predicted octanol–water partition coefficient (Wildman–Crippen LogP) is 14.3. The van der Waals surface area contributed by atoms with Gasteiger partial charge in [0.25, 0.3) is 17.7 Å². The quantitative estimate of drug-likeness (QED) is 0.0352. The van der Waals surface area contributed by atoms with Gasteiger partial charge in [-0.1, -0.05) is 24.3 Å². The fourth-order valence-corrected chi connectivity index (χ4v) is 11.7. The van der Waals surface area contributed by atoms with Gasteiger partial charge in [-0.2, -0.15) is 0 Å². The number of fused-ring (bicyclic) bond motifs is 9. The van der Waals surface area contributed by atoms with Crippen molar-refractivity contribution < 1.29 is 38.2 Å². The lowest BCUT2D eigenvalue weighted by atomic mass is 10.0. The van der Waals surface area contributed by atoms with Gasteiger partial charge >= 0.3 is 5.91 Å². The number of hydrogen-bond donors (Lipinski definition) is 3. The van der Waals surface area contributed by atoms with Gasteiger partial charge in [-0.3, -0.25) is 58.5 Å². The van der Waals surface area contributed by atoms with E-state index in [0.717, 1.165) is 102 Å². The number of nitrogens with one attached hydrogen (secondary N) is 3. The second-order valence-electron chi connectivity index (χ2n) is 22.7. The summed E-state index contributed by atoms with van der Waals surface area (Å²) in [4.78, 5) is 111. The monoisotopic (exact) mass is 1300 g/mol. The van der Waals surface area contributed by atoms with Crippen LogP contribution in [-0.2, 0) is 9.59 Å². The number of carbonyl (C=O) groups is 6. The van der Waals surface area contributed by atoms with Gasteiger partial charge in [0.2, 0.25) is 0 Å². The second-order valence-corrected chi connectivity index (χ2v) is 22.7. The third-order valence-electron chi connectivity index (χ3n) is 16.4. The van der Waals surface area contributed by atoms with E-state index in [1.807, 2.05) is 85.2 Å². The molecule has 16 rings (SSSR count). The highest BCUT2D eigenvalue weighted by atomic mass is 16.5. The van der Waals surface area contributed by atoms with E-state index in [-0.39, 0.29) is 30.2 Å². The van der Waals surface area contributed by atoms with Crippen LogP contribution in [0.15, 0.2) is 249 Å². The minimum absolute atomic E-state index is 0.263. The van der Waals surface area contributed by atoms with Crippen LogP contribution in [0.4, 0.5) is 0 Å². The summed E-state index contributed by atoms with van der Waals surface area (Å²) in [7, 11) is 0. The molecule has 0 saturated carbocycles. The fraction of sp³-hybridized carbons (Fsp3) is 0.0750. The Hall–Kier alpha value is -13.5. The minimum Gasteiger partial charge on any atom is -0.494 e. The molecule has 0 unspecified atom stereocenters. The van der Waals surface area contributed by atoms with Gasteiger partial charge in [0.1, 0.15) is 36.2 Å². The molecule has 0 fully saturated rings. The highest BCUT2D eigenvalue weighted by Crippen LogP contribution is 2.39. The van der Waals surface area contributed by atoms with E-state index >= 15 is 0 Å². The molecule has 19 heteroatoms. The Kier molecular flexibility index (Phi) is 19.6. The fourth-order valence-electron chi connectivity index (χ4n) is 11.7. The highest BCUT2D eigenvalue weighted by molar-refractivity contribution is 6.22. The van der Waals surface area contributed by atoms with Crippen LogP contribution in [-0.4, -0.2) is 117 Å². The molecule has 5 aliphatic rings. The molecule has 0 radical (unpaired) electrons. The zero-order valence-electron chi connectivity index (χ0n) is 53.1. The Morgan fingerprint density at radius 2 is 0.768 bits per heavy atom. The molecule has 8 aromatic heterocycles. The number of pyridine rings is 4. The van der Waals surface area contributed by atoms with E-state index in [1.165, 1.54) is 9.80 Å². The first-order chi connectivity index (χ1) is 48.7. The van der Waals surface area contributed by atoms with Crippen LogP contribution in [0.5, 0.6) is 11.5 Å². The SMILES string of the molecule is O=C1c2ccccc2C(=O)N1CCCOc1ccc(-c2c3nc(c(-c4ccncc4)c4ccc([nH]4)c(-c4ccncc4)c4nc(c(-c5ccncc5)c5ccc2[nH]5)C=C4)C=C3)cc1.O=Cc1ccc(OCCCN2C(=O)C3=C(C=C[C+]=C3)C2=O)cc1.O=Cc1ccncc1.c1cc[nH]c1. The molecule has 99 heavy (non-hydrogen) atoms. The molecule has 12 heterocycles. The molecule has 3 N–H and O–H groups in total. The zero-order valence-corrected chi connectivity index (χ0v) is 53.1. The van der Waals surface area contributed by atoms with Crippen LogP contribution in [0, 0.1) is 6.08 Å². The molecule has 3 aromatic carbocycles. The van der Waals surface area contributed by atoms with Crippen molar-refractivity contribution in [2.24, 2.45) is 0 Å². The van der Waals surface area contributed by atoms with Crippen molar-refractivity contribution in [2.45, 2.75) is 12.8 Å². The van der Waals surface area contributed by atoms with Gasteiger partial charge in [-0.05, 0) is 193 Å². The number of hydrogen-bond acceptors (Lipinski definition) is 14. The highest BCUT2D eigenvalue weighted by Gasteiger charge is 2.42. The summed E-state index contributed by atoms with van der Waals surface area (Å²) in [5.41, 5.74) is 17.2. The number of allylic oxidation sites excluding steroid dienone is 2.